The average Bonchev–Trinajstić information content (AvgIpc) is 3.10. The molecule has 0 aromatic carbocycles. The summed E-state index contributed by atoms with van der Waals surface area (Å²) >= 11 is 1.71. The zero-order valence-electron chi connectivity index (χ0n) is 18.2. The number of halogens is 1. The molecule has 1 fully saturated rings. The number of nitrogens with zero attached hydrogens (tertiary/aromatic N) is 3. The fourth-order valence-electron chi connectivity index (χ4n) is 3.18. The topological polar surface area (TPSA) is 61.8 Å². The van der Waals surface area contributed by atoms with Gasteiger partial charge in [-0.15, -0.1) is 35.3 Å². The second-order valence-corrected chi connectivity index (χ2v) is 9.56. The van der Waals surface area contributed by atoms with Crippen LogP contribution in [0.3, 0.4) is 0 Å². The van der Waals surface area contributed by atoms with Crippen LogP contribution in [0.4, 0.5) is 0 Å². The third-order valence-electron chi connectivity index (χ3n) is 4.76. The number of aliphatic imine (C=N–C) groups is 1. The molecule has 1 aliphatic heterocycles. The van der Waals surface area contributed by atoms with Gasteiger partial charge in [0.2, 0.25) is 0 Å². The summed E-state index contributed by atoms with van der Waals surface area (Å²) in [5.74, 6) is 1.50. The van der Waals surface area contributed by atoms with Crippen molar-refractivity contribution in [2.75, 3.05) is 39.9 Å². The summed E-state index contributed by atoms with van der Waals surface area (Å²) in [5, 5.41) is 10.2. The average molecular weight is 524 g/mol. The minimum atomic E-state index is 0. The molecular formula is C20H38IN5OS. The van der Waals surface area contributed by atoms with E-state index >= 15 is 0 Å². The smallest absolute Gasteiger partial charge is 0.191 e. The Balaban J connectivity index is 0.00000392. The Labute approximate surface area is 192 Å². The molecule has 1 unspecified atom stereocenters. The lowest BCUT2D eigenvalue weighted by Gasteiger charge is -2.35. The molecule has 2 N–H and O–H groups in total. The SMILES string of the molecule is CN=C(NCc1nc(C(C)(C)C)cs1)NCC(CC(C)C)N1CCOCC1.I. The maximum absolute atomic E-state index is 5.51. The lowest BCUT2D eigenvalue weighted by Crippen LogP contribution is -2.50. The Morgan fingerprint density at radius 3 is 2.50 bits per heavy atom. The highest BCUT2D eigenvalue weighted by atomic mass is 127. The number of rotatable bonds is 7. The van der Waals surface area contributed by atoms with Crippen LogP contribution >= 0.6 is 35.3 Å². The van der Waals surface area contributed by atoms with Gasteiger partial charge >= 0.3 is 0 Å². The minimum Gasteiger partial charge on any atom is -0.379 e. The van der Waals surface area contributed by atoms with Gasteiger partial charge in [-0.3, -0.25) is 9.89 Å². The molecule has 6 nitrogen and oxygen atoms in total. The lowest BCUT2D eigenvalue weighted by molar-refractivity contribution is 0.0132. The van der Waals surface area contributed by atoms with E-state index in [4.69, 9.17) is 9.72 Å². The van der Waals surface area contributed by atoms with Crippen LogP contribution in [0.2, 0.25) is 0 Å². The predicted molar refractivity (Wildman–Crippen MR) is 130 cm³/mol. The Bertz CT molecular complexity index is 594. The monoisotopic (exact) mass is 523 g/mol. The number of morpholine rings is 1. The largest absolute Gasteiger partial charge is 0.379 e. The van der Waals surface area contributed by atoms with E-state index in [9.17, 15) is 0 Å². The molecule has 2 rings (SSSR count). The molecule has 162 valence electrons. The third kappa shape index (κ3) is 8.51. The maximum Gasteiger partial charge on any atom is 0.191 e. The Hall–Kier alpha value is -0.450. The molecule has 1 aromatic rings. The normalized spacial score (nSPS) is 17.3. The summed E-state index contributed by atoms with van der Waals surface area (Å²) in [7, 11) is 1.82. The first-order valence-corrected chi connectivity index (χ1v) is 10.9. The quantitative estimate of drug-likeness (QED) is 0.326. The van der Waals surface area contributed by atoms with Crippen LogP contribution in [-0.4, -0.2) is 61.8 Å². The van der Waals surface area contributed by atoms with Crippen molar-refractivity contribution >= 4 is 41.3 Å². The van der Waals surface area contributed by atoms with E-state index in [1.165, 1.54) is 6.42 Å². The van der Waals surface area contributed by atoms with Gasteiger partial charge in [-0.1, -0.05) is 34.6 Å². The van der Waals surface area contributed by atoms with Crippen molar-refractivity contribution in [3.05, 3.63) is 16.1 Å². The first kappa shape index (κ1) is 25.6. The van der Waals surface area contributed by atoms with Crippen molar-refractivity contribution in [2.45, 2.75) is 59.0 Å². The van der Waals surface area contributed by atoms with Gasteiger partial charge in [0, 0.05) is 43.5 Å². The Morgan fingerprint density at radius 2 is 1.96 bits per heavy atom. The van der Waals surface area contributed by atoms with Crippen LogP contribution < -0.4 is 10.6 Å². The Kier molecular flexibility index (Phi) is 11.2. The summed E-state index contributed by atoms with van der Waals surface area (Å²) in [6.45, 7) is 16.4. The van der Waals surface area contributed by atoms with E-state index in [0.29, 0.717) is 18.5 Å². The number of ether oxygens (including phenoxy) is 1. The highest BCUT2D eigenvalue weighted by Gasteiger charge is 2.22. The minimum absolute atomic E-state index is 0. The fourth-order valence-corrected chi connectivity index (χ4v) is 4.14. The highest BCUT2D eigenvalue weighted by Crippen LogP contribution is 2.23. The number of guanidine groups is 1. The molecule has 0 saturated carbocycles. The van der Waals surface area contributed by atoms with Crippen LogP contribution in [0.1, 0.15) is 51.7 Å². The van der Waals surface area contributed by atoms with Crippen LogP contribution in [0, 0.1) is 5.92 Å². The predicted octanol–water partition coefficient (Wildman–Crippen LogP) is 3.47. The second-order valence-electron chi connectivity index (χ2n) is 8.61. The van der Waals surface area contributed by atoms with Gasteiger partial charge in [-0.2, -0.15) is 0 Å². The molecule has 1 atom stereocenters. The summed E-state index contributed by atoms with van der Waals surface area (Å²) in [6.07, 6.45) is 1.17. The van der Waals surface area contributed by atoms with Crippen LogP contribution in [0.25, 0.3) is 0 Å². The molecule has 1 aromatic heterocycles. The van der Waals surface area contributed by atoms with Gasteiger partial charge in [-0.25, -0.2) is 4.98 Å². The van der Waals surface area contributed by atoms with Crippen LogP contribution in [0.15, 0.2) is 10.4 Å². The van der Waals surface area contributed by atoms with Gasteiger partial charge < -0.3 is 15.4 Å². The zero-order valence-corrected chi connectivity index (χ0v) is 21.4. The van der Waals surface area contributed by atoms with Crippen molar-refractivity contribution in [1.82, 2.24) is 20.5 Å². The first-order chi connectivity index (χ1) is 12.8. The summed E-state index contributed by atoms with van der Waals surface area (Å²) < 4.78 is 5.51. The highest BCUT2D eigenvalue weighted by molar-refractivity contribution is 14.0. The molecule has 0 bridgehead atoms. The second kappa shape index (κ2) is 12.3. The molecule has 1 aliphatic rings. The first-order valence-electron chi connectivity index (χ1n) is 10.0. The standard InChI is InChI=1S/C20H37N5OS.HI/c1-15(2)11-16(25-7-9-26-10-8-25)12-22-19(21-6)23-13-18-24-17(14-27-18)20(3,4)5;/h14-16H,7-13H2,1-6H3,(H2,21,22,23);1H. The molecule has 0 radical (unpaired) electrons. The molecule has 8 heteroatoms. The van der Waals surface area contributed by atoms with Crippen molar-refractivity contribution in [3.8, 4) is 0 Å². The fraction of sp³-hybridized carbons (Fsp3) is 0.800. The maximum atomic E-state index is 5.51. The van der Waals surface area contributed by atoms with Gasteiger partial charge in [-0.05, 0) is 12.3 Å². The number of thiazole rings is 1. The van der Waals surface area contributed by atoms with E-state index in [0.717, 1.165) is 49.5 Å². The number of nitrogens with one attached hydrogen (secondary N) is 2. The molecule has 0 aliphatic carbocycles. The lowest BCUT2D eigenvalue weighted by atomic mass is 9.93. The molecular weight excluding hydrogens is 485 g/mol. The zero-order chi connectivity index (χ0) is 19.9. The molecule has 1 saturated heterocycles. The molecule has 0 spiro atoms. The van der Waals surface area contributed by atoms with E-state index < -0.39 is 0 Å². The van der Waals surface area contributed by atoms with E-state index in [1.807, 2.05) is 7.05 Å². The van der Waals surface area contributed by atoms with Crippen molar-refractivity contribution < 1.29 is 4.74 Å². The number of aromatic nitrogens is 1. The van der Waals surface area contributed by atoms with E-state index in [-0.39, 0.29) is 29.4 Å². The van der Waals surface area contributed by atoms with Crippen molar-refractivity contribution in [1.29, 1.82) is 0 Å². The summed E-state index contributed by atoms with van der Waals surface area (Å²) in [5.41, 5.74) is 1.24. The van der Waals surface area contributed by atoms with Crippen molar-refractivity contribution in [2.24, 2.45) is 10.9 Å². The molecule has 28 heavy (non-hydrogen) atoms. The van der Waals surface area contributed by atoms with Crippen molar-refractivity contribution in [3.63, 3.8) is 0 Å². The third-order valence-corrected chi connectivity index (χ3v) is 5.61. The van der Waals surface area contributed by atoms with E-state index in [2.05, 4.69) is 60.5 Å². The number of hydrogen-bond donors (Lipinski definition) is 2. The van der Waals surface area contributed by atoms with Gasteiger partial charge in [0.1, 0.15) is 5.01 Å². The molecule has 2 heterocycles. The van der Waals surface area contributed by atoms with Gasteiger partial charge in [0.15, 0.2) is 5.96 Å². The summed E-state index contributed by atoms with van der Waals surface area (Å²) in [4.78, 5) is 11.7. The number of hydrogen-bond acceptors (Lipinski definition) is 5. The molecule has 0 amide bonds. The summed E-state index contributed by atoms with van der Waals surface area (Å²) in [6, 6.07) is 0.500. The van der Waals surface area contributed by atoms with Gasteiger partial charge in [0.05, 0.1) is 25.5 Å². The Morgan fingerprint density at radius 1 is 1.29 bits per heavy atom. The van der Waals surface area contributed by atoms with E-state index in [1.54, 1.807) is 11.3 Å². The van der Waals surface area contributed by atoms with Gasteiger partial charge in [0.25, 0.3) is 0 Å². The van der Waals surface area contributed by atoms with Crippen LogP contribution in [-0.2, 0) is 16.7 Å². The van der Waals surface area contributed by atoms with Crippen LogP contribution in [0.5, 0.6) is 0 Å².